The van der Waals surface area contributed by atoms with Gasteiger partial charge in [0.25, 0.3) is 5.92 Å². The van der Waals surface area contributed by atoms with E-state index in [-0.39, 0.29) is 5.56 Å². The Morgan fingerprint density at radius 2 is 1.89 bits per heavy atom. The van der Waals surface area contributed by atoms with Gasteiger partial charge in [-0.1, -0.05) is 22.0 Å². The van der Waals surface area contributed by atoms with Gasteiger partial charge in [0, 0.05) is 16.5 Å². The second kappa shape index (κ2) is 5.34. The quantitative estimate of drug-likeness (QED) is 0.896. The van der Waals surface area contributed by atoms with Crippen LogP contribution in [0, 0.1) is 20.8 Å². The van der Waals surface area contributed by atoms with Crippen molar-refractivity contribution in [1.29, 1.82) is 0 Å². The number of aryl methyl sites for hydroxylation is 2. The van der Waals surface area contributed by atoms with Gasteiger partial charge in [-0.05, 0) is 37.5 Å². The van der Waals surface area contributed by atoms with Crippen molar-refractivity contribution in [3.8, 4) is 0 Å². The number of hydrogen-bond acceptors (Lipinski definition) is 1. The molecule has 0 amide bonds. The average molecular weight is 321 g/mol. The van der Waals surface area contributed by atoms with Crippen molar-refractivity contribution >= 4 is 21.9 Å². The lowest BCUT2D eigenvalue weighted by atomic mass is 9.92. The number of carboxylic acids is 1. The van der Waals surface area contributed by atoms with Gasteiger partial charge in [-0.3, -0.25) is 4.79 Å². The molecule has 0 fully saturated rings. The summed E-state index contributed by atoms with van der Waals surface area (Å²) in [6.07, 6.45) is -1.23. The van der Waals surface area contributed by atoms with Crippen LogP contribution in [-0.2, 0) is 10.7 Å². The highest BCUT2D eigenvalue weighted by Crippen LogP contribution is 2.40. The zero-order valence-electron chi connectivity index (χ0n) is 10.5. The highest BCUT2D eigenvalue weighted by Gasteiger charge is 2.35. The first-order valence-electron chi connectivity index (χ1n) is 5.53. The fourth-order valence-electron chi connectivity index (χ4n) is 2.11. The normalized spacial score (nSPS) is 11.7. The molecule has 1 N–H and O–H groups in total. The standard InChI is InChI=1S/C13H15BrF2O2/c1-7-6-8(2)12(14)9(3)11(7)13(15,16)5-4-10(17)18/h6H,4-5H2,1-3H3,(H,17,18). The maximum Gasteiger partial charge on any atom is 0.303 e. The third-order valence-corrected chi connectivity index (χ3v) is 4.12. The minimum absolute atomic E-state index is 0.0683. The van der Waals surface area contributed by atoms with Gasteiger partial charge >= 0.3 is 5.97 Å². The number of carboxylic acid groups (broad SMARTS) is 1. The monoisotopic (exact) mass is 320 g/mol. The predicted molar refractivity (Wildman–Crippen MR) is 69.1 cm³/mol. The first kappa shape index (κ1) is 15.1. The molecule has 0 aliphatic carbocycles. The number of benzene rings is 1. The summed E-state index contributed by atoms with van der Waals surface area (Å²) in [5.74, 6) is -4.33. The molecule has 1 aromatic carbocycles. The molecular formula is C13H15BrF2O2. The molecule has 0 saturated carbocycles. The van der Waals surface area contributed by atoms with E-state index in [1.165, 1.54) is 0 Å². The number of carbonyl (C=O) groups is 1. The van der Waals surface area contributed by atoms with E-state index in [2.05, 4.69) is 15.9 Å². The van der Waals surface area contributed by atoms with Gasteiger partial charge in [-0.2, -0.15) is 0 Å². The Morgan fingerprint density at radius 3 is 2.39 bits per heavy atom. The molecule has 0 bridgehead atoms. The van der Waals surface area contributed by atoms with Crippen molar-refractivity contribution in [3.63, 3.8) is 0 Å². The van der Waals surface area contributed by atoms with Crippen LogP contribution in [0.4, 0.5) is 8.78 Å². The van der Waals surface area contributed by atoms with Gasteiger partial charge in [0.15, 0.2) is 0 Å². The number of aliphatic carboxylic acids is 1. The third kappa shape index (κ3) is 3.07. The van der Waals surface area contributed by atoms with E-state index in [1.54, 1.807) is 19.9 Å². The minimum atomic E-state index is -3.12. The Hall–Kier alpha value is -0.970. The van der Waals surface area contributed by atoms with Crippen LogP contribution in [0.25, 0.3) is 0 Å². The molecule has 100 valence electrons. The first-order valence-corrected chi connectivity index (χ1v) is 6.32. The molecule has 0 spiro atoms. The molecule has 0 heterocycles. The molecule has 0 atom stereocenters. The second-order valence-corrected chi connectivity index (χ2v) is 5.22. The van der Waals surface area contributed by atoms with Gasteiger partial charge < -0.3 is 5.11 Å². The van der Waals surface area contributed by atoms with Crippen LogP contribution in [0.15, 0.2) is 10.5 Å². The van der Waals surface area contributed by atoms with Crippen molar-refractivity contribution < 1.29 is 18.7 Å². The topological polar surface area (TPSA) is 37.3 Å². The highest BCUT2D eigenvalue weighted by molar-refractivity contribution is 9.10. The van der Waals surface area contributed by atoms with Crippen LogP contribution in [0.3, 0.4) is 0 Å². The summed E-state index contributed by atoms with van der Waals surface area (Å²) in [5, 5.41) is 8.52. The Bertz CT molecular complexity index is 484. The number of alkyl halides is 2. The van der Waals surface area contributed by atoms with E-state index in [9.17, 15) is 13.6 Å². The Labute approximate surface area is 113 Å². The lowest BCUT2D eigenvalue weighted by Gasteiger charge is -2.22. The Balaban J connectivity index is 3.23. The van der Waals surface area contributed by atoms with Gasteiger partial charge in [0.1, 0.15) is 0 Å². The van der Waals surface area contributed by atoms with Crippen LogP contribution < -0.4 is 0 Å². The lowest BCUT2D eigenvalue weighted by molar-refractivity contribution is -0.139. The third-order valence-electron chi connectivity index (χ3n) is 2.90. The molecule has 0 saturated heterocycles. The molecule has 0 aromatic heterocycles. The van der Waals surface area contributed by atoms with Gasteiger partial charge in [0.2, 0.25) is 0 Å². The maximum atomic E-state index is 14.1. The number of rotatable bonds is 4. The van der Waals surface area contributed by atoms with Crippen molar-refractivity contribution in [2.45, 2.75) is 39.5 Å². The fourth-order valence-corrected chi connectivity index (χ4v) is 2.43. The number of halogens is 3. The van der Waals surface area contributed by atoms with Crippen LogP contribution >= 0.6 is 15.9 Å². The largest absolute Gasteiger partial charge is 0.481 e. The molecule has 1 rings (SSSR count). The molecule has 0 radical (unpaired) electrons. The molecule has 0 aliphatic rings. The zero-order chi connectivity index (χ0) is 14.1. The van der Waals surface area contributed by atoms with Crippen molar-refractivity contribution in [2.24, 2.45) is 0 Å². The lowest BCUT2D eigenvalue weighted by Crippen LogP contribution is -2.19. The van der Waals surface area contributed by atoms with Gasteiger partial charge in [-0.15, -0.1) is 0 Å². The van der Waals surface area contributed by atoms with E-state index in [0.717, 1.165) is 5.56 Å². The van der Waals surface area contributed by atoms with Crippen molar-refractivity contribution in [2.75, 3.05) is 0 Å². The molecule has 18 heavy (non-hydrogen) atoms. The van der Waals surface area contributed by atoms with Crippen LogP contribution in [-0.4, -0.2) is 11.1 Å². The molecular weight excluding hydrogens is 306 g/mol. The van der Waals surface area contributed by atoms with Crippen LogP contribution in [0.1, 0.15) is 35.1 Å². The van der Waals surface area contributed by atoms with Gasteiger partial charge in [0.05, 0.1) is 6.42 Å². The summed E-state index contributed by atoms with van der Waals surface area (Å²) in [6.45, 7) is 5.08. The predicted octanol–water partition coefficient (Wildman–Crippen LogP) is 4.33. The smallest absolute Gasteiger partial charge is 0.303 e. The molecule has 5 heteroatoms. The molecule has 2 nitrogen and oxygen atoms in total. The Morgan fingerprint density at radius 1 is 1.33 bits per heavy atom. The fraction of sp³-hybridized carbons (Fsp3) is 0.462. The highest BCUT2D eigenvalue weighted by atomic mass is 79.9. The average Bonchev–Trinajstić information content (AvgIpc) is 2.23. The number of hydrogen-bond donors (Lipinski definition) is 1. The summed E-state index contributed by atoms with van der Waals surface area (Å²) in [4.78, 5) is 10.4. The molecule has 1 aromatic rings. The summed E-state index contributed by atoms with van der Waals surface area (Å²) in [6, 6.07) is 1.68. The second-order valence-electron chi connectivity index (χ2n) is 4.42. The zero-order valence-corrected chi connectivity index (χ0v) is 12.1. The van der Waals surface area contributed by atoms with Gasteiger partial charge in [-0.25, -0.2) is 8.78 Å². The van der Waals surface area contributed by atoms with E-state index in [4.69, 9.17) is 5.11 Å². The van der Waals surface area contributed by atoms with E-state index in [1.807, 2.05) is 6.92 Å². The first-order chi connectivity index (χ1) is 8.16. The Kier molecular flexibility index (Phi) is 4.48. The summed E-state index contributed by atoms with van der Waals surface area (Å²) >= 11 is 3.29. The minimum Gasteiger partial charge on any atom is -0.481 e. The van der Waals surface area contributed by atoms with E-state index >= 15 is 0 Å². The molecule has 0 aliphatic heterocycles. The summed E-state index contributed by atoms with van der Waals surface area (Å²) < 4.78 is 28.8. The van der Waals surface area contributed by atoms with Crippen molar-refractivity contribution in [1.82, 2.24) is 0 Å². The van der Waals surface area contributed by atoms with Crippen molar-refractivity contribution in [3.05, 3.63) is 32.8 Å². The van der Waals surface area contributed by atoms with Crippen LogP contribution in [0.5, 0.6) is 0 Å². The van der Waals surface area contributed by atoms with E-state index < -0.39 is 24.7 Å². The van der Waals surface area contributed by atoms with E-state index in [0.29, 0.717) is 15.6 Å². The SMILES string of the molecule is Cc1cc(C)c(C(F)(F)CCC(=O)O)c(C)c1Br. The summed E-state index contributed by atoms with van der Waals surface area (Å²) in [5.41, 5.74) is 1.79. The summed E-state index contributed by atoms with van der Waals surface area (Å²) in [7, 11) is 0. The maximum absolute atomic E-state index is 14.1. The molecule has 0 unspecified atom stereocenters. The van der Waals surface area contributed by atoms with Crippen LogP contribution in [0.2, 0.25) is 0 Å².